The first-order valence-corrected chi connectivity index (χ1v) is 12.2. The predicted molar refractivity (Wildman–Crippen MR) is 128 cm³/mol. The van der Waals surface area contributed by atoms with Crippen LogP contribution in [0.25, 0.3) is 16.9 Å². The zero-order valence-corrected chi connectivity index (χ0v) is 19.3. The molecule has 2 aliphatic heterocycles. The van der Waals surface area contributed by atoms with Crippen molar-refractivity contribution in [1.82, 2.24) is 34.2 Å². The van der Waals surface area contributed by atoms with Crippen LogP contribution in [0.15, 0.2) is 59.8 Å². The molecule has 0 aliphatic carbocycles. The minimum atomic E-state index is 0.00867. The number of hydrogen-bond acceptors (Lipinski definition) is 7. The van der Waals surface area contributed by atoms with E-state index in [-0.39, 0.29) is 11.8 Å². The Hall–Kier alpha value is -3.63. The van der Waals surface area contributed by atoms with Crippen molar-refractivity contribution in [3.63, 3.8) is 0 Å². The van der Waals surface area contributed by atoms with E-state index in [0.717, 1.165) is 37.1 Å². The van der Waals surface area contributed by atoms with Gasteiger partial charge in [0.15, 0.2) is 0 Å². The van der Waals surface area contributed by atoms with E-state index in [1.54, 1.807) is 29.4 Å². The molecule has 0 saturated carbocycles. The van der Waals surface area contributed by atoms with Crippen molar-refractivity contribution in [1.29, 1.82) is 0 Å². The molecule has 3 aromatic heterocycles. The first-order chi connectivity index (χ1) is 16.7. The topological polar surface area (TPSA) is 87.5 Å². The Morgan fingerprint density at radius 2 is 1.71 bits per heavy atom. The molecule has 0 spiro atoms. The highest BCUT2D eigenvalue weighted by molar-refractivity contribution is 7.07. The van der Waals surface area contributed by atoms with Gasteiger partial charge in [0.1, 0.15) is 5.69 Å². The van der Waals surface area contributed by atoms with Gasteiger partial charge >= 0.3 is 0 Å². The monoisotopic (exact) mass is 473 g/mol. The maximum atomic E-state index is 13.1. The highest BCUT2D eigenvalue weighted by atomic mass is 32.1. The molecule has 2 amide bonds. The van der Waals surface area contributed by atoms with Crippen molar-refractivity contribution in [2.75, 3.05) is 39.3 Å². The van der Waals surface area contributed by atoms with Crippen molar-refractivity contribution in [2.45, 2.75) is 6.04 Å². The maximum Gasteiger partial charge on any atom is 0.273 e. The highest BCUT2D eigenvalue weighted by Crippen LogP contribution is 2.24. The van der Waals surface area contributed by atoms with Crippen molar-refractivity contribution < 1.29 is 9.59 Å². The molecule has 2 aliphatic rings. The summed E-state index contributed by atoms with van der Waals surface area (Å²) in [6.07, 6.45) is 5.35. The van der Waals surface area contributed by atoms with Gasteiger partial charge in [-0.3, -0.25) is 19.1 Å². The number of hydrogen-bond donors (Lipinski definition) is 0. The van der Waals surface area contributed by atoms with Gasteiger partial charge in [0.2, 0.25) is 5.95 Å². The van der Waals surface area contributed by atoms with E-state index in [9.17, 15) is 9.59 Å². The number of benzene rings is 1. The molecule has 5 heterocycles. The number of aromatic nitrogens is 4. The predicted octanol–water partition coefficient (Wildman–Crippen LogP) is 2.16. The first-order valence-electron chi connectivity index (χ1n) is 11.3. The summed E-state index contributed by atoms with van der Waals surface area (Å²) in [5, 5.41) is 2.78. The molecule has 2 fully saturated rings. The van der Waals surface area contributed by atoms with Gasteiger partial charge in [0, 0.05) is 80.2 Å². The number of thiazole rings is 1. The molecule has 0 bridgehead atoms. The van der Waals surface area contributed by atoms with E-state index in [1.807, 2.05) is 44.8 Å². The standard InChI is InChI=1S/C24H23N7O2S/c32-22(18-2-3-21-17(12-18)4-7-31(21)24-25-5-1-6-26-24)30-13-19(14-30)28-8-10-29(11-9-28)23(33)20-15-34-16-27-20/h1-7,12,15-16,19H,8-11,13-14H2. The third kappa shape index (κ3) is 3.74. The summed E-state index contributed by atoms with van der Waals surface area (Å²) in [5.41, 5.74) is 3.88. The van der Waals surface area contributed by atoms with Crippen LogP contribution in [0.3, 0.4) is 0 Å². The summed E-state index contributed by atoms with van der Waals surface area (Å²) in [4.78, 5) is 44.4. The fourth-order valence-electron chi connectivity index (χ4n) is 4.67. The van der Waals surface area contributed by atoms with Gasteiger partial charge in [-0.1, -0.05) is 0 Å². The second-order valence-corrected chi connectivity index (χ2v) is 9.29. The largest absolute Gasteiger partial charge is 0.335 e. The van der Waals surface area contributed by atoms with Crippen molar-refractivity contribution in [3.05, 3.63) is 71.1 Å². The molecule has 0 radical (unpaired) electrons. The van der Waals surface area contributed by atoms with Gasteiger partial charge in [0.25, 0.3) is 11.8 Å². The molecule has 9 nitrogen and oxygen atoms in total. The van der Waals surface area contributed by atoms with Crippen molar-refractivity contribution in [3.8, 4) is 5.95 Å². The zero-order valence-electron chi connectivity index (χ0n) is 18.4. The Bertz CT molecular complexity index is 1320. The molecule has 0 atom stereocenters. The third-order valence-electron chi connectivity index (χ3n) is 6.62. The lowest BCUT2D eigenvalue weighted by molar-refractivity contribution is 0.00845. The van der Waals surface area contributed by atoms with Gasteiger partial charge in [0.05, 0.1) is 11.0 Å². The molecule has 0 unspecified atom stereocenters. The van der Waals surface area contributed by atoms with Crippen LogP contribution in [0.4, 0.5) is 0 Å². The van der Waals surface area contributed by atoms with Crippen molar-refractivity contribution >= 4 is 34.1 Å². The summed E-state index contributed by atoms with van der Waals surface area (Å²) < 4.78 is 1.92. The van der Waals surface area contributed by atoms with Crippen LogP contribution in [0.5, 0.6) is 0 Å². The summed E-state index contributed by atoms with van der Waals surface area (Å²) >= 11 is 1.44. The van der Waals surface area contributed by atoms with E-state index in [0.29, 0.717) is 36.3 Å². The summed E-state index contributed by atoms with van der Waals surface area (Å²) in [6.45, 7) is 4.47. The van der Waals surface area contributed by atoms with E-state index >= 15 is 0 Å². The number of likely N-dealkylation sites (tertiary alicyclic amines) is 1. The van der Waals surface area contributed by atoms with Gasteiger partial charge in [-0.05, 0) is 30.3 Å². The number of rotatable bonds is 4. The minimum Gasteiger partial charge on any atom is -0.335 e. The molecular formula is C24H23N7O2S. The molecule has 1 aromatic carbocycles. The van der Waals surface area contributed by atoms with Crippen LogP contribution in [0.1, 0.15) is 20.8 Å². The van der Waals surface area contributed by atoms with Crippen LogP contribution in [0, 0.1) is 0 Å². The van der Waals surface area contributed by atoms with Gasteiger partial charge < -0.3 is 9.80 Å². The fourth-order valence-corrected chi connectivity index (χ4v) is 5.20. The molecule has 4 aromatic rings. The zero-order chi connectivity index (χ0) is 23.1. The molecule has 6 rings (SSSR count). The SMILES string of the molecule is O=C(c1ccc2c(ccn2-c2ncccn2)c1)N1CC(N2CCN(C(=O)c3cscn3)CC2)C1. The normalized spacial score (nSPS) is 17.2. The van der Waals surface area contributed by atoms with Crippen LogP contribution in [-0.4, -0.2) is 91.3 Å². The number of carbonyl (C=O) groups excluding carboxylic acids is 2. The average molecular weight is 474 g/mol. The fraction of sp³-hybridized carbons (Fsp3) is 0.292. The van der Waals surface area contributed by atoms with Crippen LogP contribution in [-0.2, 0) is 0 Å². The lowest BCUT2D eigenvalue weighted by atomic mass is 10.0. The second kappa shape index (κ2) is 8.62. The summed E-state index contributed by atoms with van der Waals surface area (Å²) in [7, 11) is 0. The van der Waals surface area contributed by atoms with Gasteiger partial charge in [-0.25, -0.2) is 15.0 Å². The Morgan fingerprint density at radius 3 is 2.44 bits per heavy atom. The maximum absolute atomic E-state index is 13.1. The lowest BCUT2D eigenvalue weighted by Crippen LogP contribution is -2.64. The van der Waals surface area contributed by atoms with E-state index < -0.39 is 0 Å². The molecule has 172 valence electrons. The number of amides is 2. The second-order valence-electron chi connectivity index (χ2n) is 8.57. The van der Waals surface area contributed by atoms with E-state index in [2.05, 4.69) is 19.9 Å². The Morgan fingerprint density at radius 1 is 0.912 bits per heavy atom. The van der Waals surface area contributed by atoms with E-state index in [4.69, 9.17) is 0 Å². The number of nitrogens with zero attached hydrogens (tertiary/aromatic N) is 7. The summed E-state index contributed by atoms with van der Waals surface area (Å²) in [5.74, 6) is 0.670. The quantitative estimate of drug-likeness (QED) is 0.452. The molecule has 0 N–H and O–H groups in total. The molecule has 10 heteroatoms. The number of carbonyl (C=O) groups is 2. The average Bonchev–Trinajstić information content (AvgIpc) is 3.54. The molecule has 34 heavy (non-hydrogen) atoms. The Labute approximate surface area is 200 Å². The third-order valence-corrected chi connectivity index (χ3v) is 7.21. The minimum absolute atomic E-state index is 0.00867. The highest BCUT2D eigenvalue weighted by Gasteiger charge is 2.37. The molecule has 2 saturated heterocycles. The Kier molecular flexibility index (Phi) is 5.31. The van der Waals surface area contributed by atoms with Crippen molar-refractivity contribution in [2.24, 2.45) is 0 Å². The van der Waals surface area contributed by atoms with Gasteiger partial charge in [-0.15, -0.1) is 11.3 Å². The lowest BCUT2D eigenvalue weighted by Gasteiger charge is -2.48. The van der Waals surface area contributed by atoms with Crippen LogP contribution >= 0.6 is 11.3 Å². The first kappa shape index (κ1) is 20.9. The van der Waals surface area contributed by atoms with E-state index in [1.165, 1.54) is 11.3 Å². The summed E-state index contributed by atoms with van der Waals surface area (Å²) in [6, 6.07) is 9.88. The Balaban J connectivity index is 1.06. The van der Waals surface area contributed by atoms with Crippen LogP contribution in [0.2, 0.25) is 0 Å². The van der Waals surface area contributed by atoms with Gasteiger partial charge in [-0.2, -0.15) is 0 Å². The molecular weight excluding hydrogens is 450 g/mol. The number of piperazine rings is 1. The van der Waals surface area contributed by atoms with Crippen LogP contribution < -0.4 is 0 Å². The smallest absolute Gasteiger partial charge is 0.273 e. The number of fused-ring (bicyclic) bond motifs is 1.